The Morgan fingerprint density at radius 1 is 1.40 bits per heavy atom. The lowest BCUT2D eigenvalue weighted by Crippen LogP contribution is -2.39. The standard InChI is InChI=1S/C17H25N5O2S/c1-4-6-12-8-21(10-14(12)18-11(3)23)9-13-7-16(24)22-17(19-13)25-15(5-2)20-22/h7,12,14H,4-6,8-10H2,1-3H3,(H,18,23)/t12-,14-/m1/s1. The minimum Gasteiger partial charge on any atom is -0.352 e. The summed E-state index contributed by atoms with van der Waals surface area (Å²) < 4.78 is 1.39. The van der Waals surface area contributed by atoms with Crippen molar-refractivity contribution in [2.45, 2.75) is 52.6 Å². The smallest absolute Gasteiger partial charge is 0.275 e. The van der Waals surface area contributed by atoms with Crippen LogP contribution in [0.2, 0.25) is 0 Å². The van der Waals surface area contributed by atoms with Gasteiger partial charge >= 0.3 is 0 Å². The van der Waals surface area contributed by atoms with E-state index in [1.165, 1.54) is 15.9 Å². The van der Waals surface area contributed by atoms with Gasteiger partial charge in [-0.2, -0.15) is 9.61 Å². The number of nitrogens with zero attached hydrogens (tertiary/aromatic N) is 4. The summed E-state index contributed by atoms with van der Waals surface area (Å²) in [7, 11) is 0. The lowest BCUT2D eigenvalue weighted by molar-refractivity contribution is -0.119. The average Bonchev–Trinajstić information content (AvgIpc) is 3.12. The molecule has 0 spiro atoms. The van der Waals surface area contributed by atoms with E-state index in [0.717, 1.165) is 43.1 Å². The summed E-state index contributed by atoms with van der Waals surface area (Å²) >= 11 is 1.47. The van der Waals surface area contributed by atoms with Crippen LogP contribution >= 0.6 is 11.3 Å². The summed E-state index contributed by atoms with van der Waals surface area (Å²) in [5, 5.41) is 8.27. The van der Waals surface area contributed by atoms with Crippen LogP contribution in [-0.2, 0) is 17.8 Å². The van der Waals surface area contributed by atoms with Gasteiger partial charge in [0.25, 0.3) is 5.56 Å². The van der Waals surface area contributed by atoms with Crippen molar-refractivity contribution in [1.29, 1.82) is 0 Å². The lowest BCUT2D eigenvalue weighted by atomic mass is 9.98. The molecule has 136 valence electrons. The molecule has 2 atom stereocenters. The first-order chi connectivity index (χ1) is 12.0. The van der Waals surface area contributed by atoms with Gasteiger partial charge in [0, 0.05) is 38.7 Å². The zero-order valence-electron chi connectivity index (χ0n) is 15.0. The monoisotopic (exact) mass is 363 g/mol. The highest BCUT2D eigenvalue weighted by Gasteiger charge is 2.32. The van der Waals surface area contributed by atoms with E-state index in [1.807, 2.05) is 6.92 Å². The van der Waals surface area contributed by atoms with E-state index in [-0.39, 0.29) is 17.5 Å². The number of carbonyl (C=O) groups is 1. The fourth-order valence-corrected chi connectivity index (χ4v) is 4.38. The number of nitrogens with one attached hydrogen (secondary N) is 1. The topological polar surface area (TPSA) is 79.6 Å². The molecule has 1 fully saturated rings. The molecule has 1 aliphatic rings. The predicted octanol–water partition coefficient (Wildman–Crippen LogP) is 1.45. The van der Waals surface area contributed by atoms with Crippen molar-refractivity contribution in [2.24, 2.45) is 5.92 Å². The Labute approximate surface area is 151 Å². The molecular formula is C17H25N5O2S. The maximum Gasteiger partial charge on any atom is 0.275 e. The van der Waals surface area contributed by atoms with Crippen molar-refractivity contribution in [2.75, 3.05) is 13.1 Å². The predicted molar refractivity (Wildman–Crippen MR) is 97.8 cm³/mol. The van der Waals surface area contributed by atoms with Crippen LogP contribution in [0.4, 0.5) is 0 Å². The highest BCUT2D eigenvalue weighted by Crippen LogP contribution is 2.23. The summed E-state index contributed by atoms with van der Waals surface area (Å²) in [6.07, 6.45) is 2.98. The Bertz CT molecular complexity index is 815. The third-order valence-electron chi connectivity index (χ3n) is 4.59. The summed E-state index contributed by atoms with van der Waals surface area (Å²) in [6, 6.07) is 1.75. The Kier molecular flexibility index (Phi) is 5.48. The van der Waals surface area contributed by atoms with Gasteiger partial charge in [-0.3, -0.25) is 14.5 Å². The van der Waals surface area contributed by atoms with Gasteiger partial charge in [0.1, 0.15) is 5.01 Å². The molecule has 8 heteroatoms. The number of rotatable bonds is 6. The van der Waals surface area contributed by atoms with E-state index in [0.29, 0.717) is 17.4 Å². The third-order valence-corrected chi connectivity index (χ3v) is 5.65. The van der Waals surface area contributed by atoms with E-state index in [9.17, 15) is 9.59 Å². The summed E-state index contributed by atoms with van der Waals surface area (Å²) in [5.74, 6) is 0.469. The summed E-state index contributed by atoms with van der Waals surface area (Å²) in [4.78, 5) is 31.3. The maximum absolute atomic E-state index is 12.3. The van der Waals surface area contributed by atoms with E-state index < -0.39 is 0 Å². The molecule has 1 N–H and O–H groups in total. The lowest BCUT2D eigenvalue weighted by Gasteiger charge is -2.18. The van der Waals surface area contributed by atoms with Crippen molar-refractivity contribution >= 4 is 22.2 Å². The molecule has 1 aliphatic heterocycles. The Morgan fingerprint density at radius 2 is 2.20 bits per heavy atom. The fraction of sp³-hybridized carbons (Fsp3) is 0.647. The van der Waals surface area contributed by atoms with Crippen molar-refractivity contribution in [3.63, 3.8) is 0 Å². The van der Waals surface area contributed by atoms with Crippen LogP contribution in [0.25, 0.3) is 4.96 Å². The van der Waals surface area contributed by atoms with E-state index in [1.54, 1.807) is 13.0 Å². The first-order valence-electron chi connectivity index (χ1n) is 8.88. The Morgan fingerprint density at radius 3 is 2.88 bits per heavy atom. The van der Waals surface area contributed by atoms with E-state index in [4.69, 9.17) is 0 Å². The van der Waals surface area contributed by atoms with Crippen molar-refractivity contribution in [3.8, 4) is 0 Å². The van der Waals surface area contributed by atoms with Crippen molar-refractivity contribution < 1.29 is 4.79 Å². The molecule has 0 bridgehead atoms. The Hall–Kier alpha value is -1.80. The molecule has 0 unspecified atom stereocenters. The SMILES string of the molecule is CCC[C@@H]1CN(Cc2cc(=O)n3nc(CC)sc3n2)C[C@H]1NC(C)=O. The zero-order valence-corrected chi connectivity index (χ0v) is 15.8. The normalized spacial score (nSPS) is 21.1. The van der Waals surface area contributed by atoms with Crippen LogP contribution in [0.15, 0.2) is 10.9 Å². The first kappa shape index (κ1) is 18.0. The average molecular weight is 363 g/mol. The van der Waals surface area contributed by atoms with Crippen LogP contribution in [0, 0.1) is 5.92 Å². The van der Waals surface area contributed by atoms with Gasteiger partial charge in [0.2, 0.25) is 10.9 Å². The highest BCUT2D eigenvalue weighted by atomic mass is 32.1. The van der Waals surface area contributed by atoms with Gasteiger partial charge in [-0.15, -0.1) is 0 Å². The van der Waals surface area contributed by atoms with Gasteiger partial charge in [0.15, 0.2) is 0 Å². The highest BCUT2D eigenvalue weighted by molar-refractivity contribution is 7.16. The number of aromatic nitrogens is 3. The number of hydrogen-bond donors (Lipinski definition) is 1. The molecule has 1 amide bonds. The second-order valence-corrected chi connectivity index (χ2v) is 7.72. The van der Waals surface area contributed by atoms with E-state index in [2.05, 4.69) is 27.2 Å². The molecule has 0 aliphatic carbocycles. The minimum atomic E-state index is -0.126. The van der Waals surface area contributed by atoms with E-state index >= 15 is 0 Å². The molecule has 3 rings (SSSR count). The second kappa shape index (κ2) is 7.61. The van der Waals surface area contributed by atoms with Crippen LogP contribution in [0.1, 0.15) is 44.3 Å². The molecule has 25 heavy (non-hydrogen) atoms. The van der Waals surface area contributed by atoms with Gasteiger partial charge in [-0.25, -0.2) is 4.98 Å². The molecule has 3 heterocycles. The van der Waals surface area contributed by atoms with Gasteiger partial charge in [-0.05, 0) is 18.8 Å². The van der Waals surface area contributed by atoms with Crippen molar-refractivity contribution in [3.05, 3.63) is 27.1 Å². The third kappa shape index (κ3) is 4.07. The number of likely N-dealkylation sites (tertiary alicyclic amines) is 1. The van der Waals surface area contributed by atoms with Crippen LogP contribution in [0.3, 0.4) is 0 Å². The zero-order chi connectivity index (χ0) is 18.0. The summed E-state index contributed by atoms with van der Waals surface area (Å²) in [5.41, 5.74) is 0.647. The molecule has 0 aromatic carbocycles. The Balaban J connectivity index is 1.76. The molecule has 1 saturated heterocycles. The molecule has 0 saturated carbocycles. The largest absolute Gasteiger partial charge is 0.352 e. The quantitative estimate of drug-likeness (QED) is 0.840. The number of amides is 1. The minimum absolute atomic E-state index is 0.0162. The fourth-order valence-electron chi connectivity index (χ4n) is 3.53. The number of aryl methyl sites for hydroxylation is 1. The molecular weight excluding hydrogens is 338 g/mol. The first-order valence-corrected chi connectivity index (χ1v) is 9.70. The summed E-state index contributed by atoms with van der Waals surface area (Å²) in [6.45, 7) is 8.10. The molecule has 7 nitrogen and oxygen atoms in total. The maximum atomic E-state index is 12.3. The number of fused-ring (bicyclic) bond motifs is 1. The second-order valence-electron chi connectivity index (χ2n) is 6.68. The number of hydrogen-bond acceptors (Lipinski definition) is 6. The van der Waals surface area contributed by atoms with Crippen LogP contribution in [0.5, 0.6) is 0 Å². The van der Waals surface area contributed by atoms with Gasteiger partial charge < -0.3 is 5.32 Å². The van der Waals surface area contributed by atoms with Gasteiger partial charge in [-0.1, -0.05) is 31.6 Å². The van der Waals surface area contributed by atoms with Crippen LogP contribution in [-0.4, -0.2) is 44.5 Å². The molecule has 0 radical (unpaired) electrons. The van der Waals surface area contributed by atoms with Crippen molar-refractivity contribution in [1.82, 2.24) is 24.8 Å². The van der Waals surface area contributed by atoms with Crippen LogP contribution < -0.4 is 10.9 Å². The number of carbonyl (C=O) groups excluding carboxylic acids is 1. The molecule has 2 aromatic heterocycles. The molecule has 2 aromatic rings. The van der Waals surface area contributed by atoms with Gasteiger partial charge in [0.05, 0.1) is 5.69 Å².